The predicted octanol–water partition coefficient (Wildman–Crippen LogP) is 2.61. The summed E-state index contributed by atoms with van der Waals surface area (Å²) in [6.07, 6.45) is 1.00. The van der Waals surface area contributed by atoms with Gasteiger partial charge in [-0.25, -0.2) is 4.98 Å². The molecule has 1 amide bonds. The highest BCUT2D eigenvalue weighted by molar-refractivity contribution is 6.03. The number of carbonyl (C=O) groups is 1. The Balaban J connectivity index is 1.80. The Kier molecular flexibility index (Phi) is 2.91. The van der Waals surface area contributed by atoms with Gasteiger partial charge in [-0.15, -0.1) is 0 Å². The molecular formula is C15H15N3O. The van der Waals surface area contributed by atoms with Gasteiger partial charge < -0.3 is 10.6 Å². The number of aromatic nitrogens is 1. The Labute approximate surface area is 111 Å². The van der Waals surface area contributed by atoms with E-state index in [0.717, 1.165) is 30.0 Å². The second kappa shape index (κ2) is 4.72. The van der Waals surface area contributed by atoms with Crippen molar-refractivity contribution in [1.29, 1.82) is 0 Å². The maximum Gasteiger partial charge on any atom is 0.274 e. The van der Waals surface area contributed by atoms with Crippen LogP contribution < -0.4 is 10.6 Å². The highest BCUT2D eigenvalue weighted by Crippen LogP contribution is 2.25. The van der Waals surface area contributed by atoms with Crippen molar-refractivity contribution in [2.24, 2.45) is 0 Å². The molecule has 4 heteroatoms. The fourth-order valence-electron chi connectivity index (χ4n) is 2.25. The van der Waals surface area contributed by atoms with Crippen LogP contribution in [0.25, 0.3) is 0 Å². The van der Waals surface area contributed by atoms with Crippen molar-refractivity contribution in [2.45, 2.75) is 13.3 Å². The van der Waals surface area contributed by atoms with E-state index < -0.39 is 0 Å². The Hall–Kier alpha value is -2.36. The van der Waals surface area contributed by atoms with Gasteiger partial charge in [0.05, 0.1) is 0 Å². The molecule has 96 valence electrons. The molecule has 0 saturated heterocycles. The number of nitrogens with zero attached hydrogens (tertiary/aromatic N) is 1. The second-order valence-corrected chi connectivity index (χ2v) is 4.67. The Morgan fingerprint density at radius 3 is 3.05 bits per heavy atom. The predicted molar refractivity (Wildman–Crippen MR) is 75.6 cm³/mol. The molecule has 0 bridgehead atoms. The quantitative estimate of drug-likeness (QED) is 0.865. The average molecular weight is 253 g/mol. The number of nitrogens with one attached hydrogen (secondary N) is 2. The van der Waals surface area contributed by atoms with Crippen molar-refractivity contribution >= 4 is 17.3 Å². The van der Waals surface area contributed by atoms with Crippen LogP contribution in [0.5, 0.6) is 0 Å². The molecule has 2 heterocycles. The van der Waals surface area contributed by atoms with Crippen LogP contribution in [0.2, 0.25) is 0 Å². The fourth-order valence-corrected chi connectivity index (χ4v) is 2.25. The standard InChI is InChI=1S/C15H15N3O/c1-10-3-2-4-14(17-10)15(19)18-12-5-6-13-11(9-12)7-8-16-13/h2-6,9,16H,7-8H2,1H3,(H,18,19). The van der Waals surface area contributed by atoms with Crippen LogP contribution in [0.4, 0.5) is 11.4 Å². The minimum Gasteiger partial charge on any atom is -0.384 e. The van der Waals surface area contributed by atoms with E-state index in [1.807, 2.05) is 37.3 Å². The summed E-state index contributed by atoms with van der Waals surface area (Å²) >= 11 is 0. The highest BCUT2D eigenvalue weighted by Gasteiger charge is 2.12. The normalized spacial score (nSPS) is 12.7. The van der Waals surface area contributed by atoms with Gasteiger partial charge in [0.2, 0.25) is 0 Å². The summed E-state index contributed by atoms with van der Waals surface area (Å²) in [6, 6.07) is 11.4. The smallest absolute Gasteiger partial charge is 0.274 e. The second-order valence-electron chi connectivity index (χ2n) is 4.67. The topological polar surface area (TPSA) is 54.0 Å². The van der Waals surface area contributed by atoms with Crippen molar-refractivity contribution < 1.29 is 4.79 Å². The van der Waals surface area contributed by atoms with E-state index in [1.54, 1.807) is 6.07 Å². The number of rotatable bonds is 2. The van der Waals surface area contributed by atoms with Crippen molar-refractivity contribution in [3.63, 3.8) is 0 Å². The lowest BCUT2D eigenvalue weighted by Crippen LogP contribution is -2.14. The molecule has 1 aromatic heterocycles. The van der Waals surface area contributed by atoms with Crippen LogP contribution >= 0.6 is 0 Å². The Bertz CT molecular complexity index is 637. The van der Waals surface area contributed by atoms with Crippen molar-refractivity contribution in [3.8, 4) is 0 Å². The van der Waals surface area contributed by atoms with Crippen molar-refractivity contribution in [2.75, 3.05) is 17.2 Å². The van der Waals surface area contributed by atoms with Gasteiger partial charge >= 0.3 is 0 Å². The molecular weight excluding hydrogens is 238 g/mol. The SMILES string of the molecule is Cc1cccc(C(=O)Nc2ccc3c(c2)CCN3)n1. The van der Waals surface area contributed by atoms with E-state index in [1.165, 1.54) is 5.56 Å². The van der Waals surface area contributed by atoms with Crippen LogP contribution in [0, 0.1) is 6.92 Å². The lowest BCUT2D eigenvalue weighted by Gasteiger charge is -2.07. The summed E-state index contributed by atoms with van der Waals surface area (Å²) in [5.74, 6) is -0.172. The lowest BCUT2D eigenvalue weighted by molar-refractivity contribution is 0.102. The number of carbonyl (C=O) groups excluding carboxylic acids is 1. The van der Waals surface area contributed by atoms with E-state index in [9.17, 15) is 4.79 Å². The first kappa shape index (κ1) is 11.7. The van der Waals surface area contributed by atoms with Crippen LogP contribution in [-0.2, 0) is 6.42 Å². The van der Waals surface area contributed by atoms with Gasteiger partial charge in [-0.05, 0) is 49.2 Å². The van der Waals surface area contributed by atoms with Gasteiger partial charge in [-0.1, -0.05) is 6.07 Å². The van der Waals surface area contributed by atoms with Gasteiger partial charge in [-0.3, -0.25) is 4.79 Å². The number of anilines is 2. The summed E-state index contributed by atoms with van der Waals surface area (Å²) in [4.78, 5) is 16.3. The maximum atomic E-state index is 12.1. The third-order valence-electron chi connectivity index (χ3n) is 3.19. The zero-order valence-corrected chi connectivity index (χ0v) is 10.7. The van der Waals surface area contributed by atoms with Gasteiger partial charge in [0.1, 0.15) is 5.69 Å². The van der Waals surface area contributed by atoms with E-state index in [2.05, 4.69) is 15.6 Å². The molecule has 19 heavy (non-hydrogen) atoms. The minimum absolute atomic E-state index is 0.172. The summed E-state index contributed by atoms with van der Waals surface area (Å²) in [7, 11) is 0. The van der Waals surface area contributed by atoms with Crippen LogP contribution in [-0.4, -0.2) is 17.4 Å². The van der Waals surface area contributed by atoms with E-state index in [-0.39, 0.29) is 5.91 Å². The molecule has 1 aliphatic rings. The first-order valence-electron chi connectivity index (χ1n) is 6.34. The molecule has 1 aromatic carbocycles. The number of hydrogen-bond donors (Lipinski definition) is 2. The molecule has 3 rings (SSSR count). The number of amides is 1. The zero-order valence-electron chi connectivity index (χ0n) is 10.7. The van der Waals surface area contributed by atoms with Crippen molar-refractivity contribution in [1.82, 2.24) is 4.98 Å². The van der Waals surface area contributed by atoms with E-state index >= 15 is 0 Å². The Morgan fingerprint density at radius 1 is 1.32 bits per heavy atom. The number of benzene rings is 1. The molecule has 0 unspecified atom stereocenters. The summed E-state index contributed by atoms with van der Waals surface area (Å²) < 4.78 is 0. The average Bonchev–Trinajstić information content (AvgIpc) is 2.86. The number of fused-ring (bicyclic) bond motifs is 1. The van der Waals surface area contributed by atoms with E-state index in [0.29, 0.717) is 5.69 Å². The molecule has 0 atom stereocenters. The number of aryl methyl sites for hydroxylation is 1. The molecule has 0 saturated carbocycles. The van der Waals surface area contributed by atoms with Gasteiger partial charge in [0.15, 0.2) is 0 Å². The fraction of sp³-hybridized carbons (Fsp3) is 0.200. The molecule has 0 radical (unpaired) electrons. The molecule has 4 nitrogen and oxygen atoms in total. The van der Waals surface area contributed by atoms with Crippen LogP contribution in [0.1, 0.15) is 21.7 Å². The Morgan fingerprint density at radius 2 is 2.21 bits per heavy atom. The van der Waals surface area contributed by atoms with Gasteiger partial charge in [0.25, 0.3) is 5.91 Å². The molecule has 2 N–H and O–H groups in total. The maximum absolute atomic E-state index is 12.1. The number of pyridine rings is 1. The molecule has 0 fully saturated rings. The molecule has 1 aliphatic heterocycles. The lowest BCUT2D eigenvalue weighted by atomic mass is 10.1. The minimum atomic E-state index is -0.172. The zero-order chi connectivity index (χ0) is 13.2. The summed E-state index contributed by atoms with van der Waals surface area (Å²) in [5, 5.41) is 6.18. The van der Waals surface area contributed by atoms with E-state index in [4.69, 9.17) is 0 Å². The third kappa shape index (κ3) is 2.42. The number of hydrogen-bond acceptors (Lipinski definition) is 3. The van der Waals surface area contributed by atoms with Crippen molar-refractivity contribution in [3.05, 3.63) is 53.3 Å². The first-order valence-corrected chi connectivity index (χ1v) is 6.34. The van der Waals surface area contributed by atoms with Gasteiger partial charge in [0, 0.05) is 23.6 Å². The summed E-state index contributed by atoms with van der Waals surface area (Å²) in [5.41, 5.74) is 4.50. The van der Waals surface area contributed by atoms with Gasteiger partial charge in [-0.2, -0.15) is 0 Å². The first-order chi connectivity index (χ1) is 9.22. The van der Waals surface area contributed by atoms with Crippen LogP contribution in [0.3, 0.4) is 0 Å². The largest absolute Gasteiger partial charge is 0.384 e. The molecule has 0 aliphatic carbocycles. The summed E-state index contributed by atoms with van der Waals surface area (Å²) in [6.45, 7) is 2.84. The van der Waals surface area contributed by atoms with Crippen LogP contribution in [0.15, 0.2) is 36.4 Å². The molecule has 2 aromatic rings. The third-order valence-corrected chi connectivity index (χ3v) is 3.19. The molecule has 0 spiro atoms. The monoisotopic (exact) mass is 253 g/mol. The highest BCUT2D eigenvalue weighted by atomic mass is 16.1.